The third-order valence-electron chi connectivity index (χ3n) is 2.95. The van der Waals surface area contributed by atoms with Crippen molar-refractivity contribution in [2.24, 2.45) is 0 Å². The van der Waals surface area contributed by atoms with E-state index in [0.717, 1.165) is 32.7 Å². The zero-order valence-electron chi connectivity index (χ0n) is 9.73. The number of hydrogen-bond acceptors (Lipinski definition) is 2. The Balaban J connectivity index is 1.52. The molecule has 2 rings (SSSR count). The van der Waals surface area contributed by atoms with Crippen LogP contribution in [0.2, 0.25) is 0 Å². The van der Waals surface area contributed by atoms with Crippen molar-refractivity contribution in [2.45, 2.75) is 38.4 Å². The first-order chi connectivity index (χ1) is 7.95. The molecule has 88 valence electrons. The predicted molar refractivity (Wildman–Crippen MR) is 64.3 cm³/mol. The third kappa shape index (κ3) is 3.95. The highest BCUT2D eigenvalue weighted by Gasteiger charge is 2.14. The molecule has 1 atom stereocenters. The predicted octanol–water partition coefficient (Wildman–Crippen LogP) is 3.16. The fourth-order valence-corrected chi connectivity index (χ4v) is 2.05. The molecule has 1 aromatic rings. The molecule has 1 heterocycles. The summed E-state index contributed by atoms with van der Waals surface area (Å²) in [6, 6.07) is 10.3. The van der Waals surface area contributed by atoms with E-state index < -0.39 is 0 Å². The van der Waals surface area contributed by atoms with Crippen LogP contribution in [0.25, 0.3) is 0 Å². The van der Waals surface area contributed by atoms with Crippen LogP contribution in [-0.2, 0) is 16.1 Å². The molecule has 1 aromatic carbocycles. The standard InChI is InChI=1S/C14H20O2/c1-2-6-13(7-3-1)12-15-10-4-8-14-9-5-11-16-14/h1-3,6-7,14H,4-5,8-12H2/t14-/m1/s1. The molecule has 0 aromatic heterocycles. The molecule has 0 N–H and O–H groups in total. The molecular formula is C14H20O2. The lowest BCUT2D eigenvalue weighted by Gasteiger charge is -2.09. The molecule has 1 fully saturated rings. The second kappa shape index (κ2) is 6.66. The molecule has 0 aliphatic carbocycles. The Morgan fingerprint density at radius 3 is 2.88 bits per heavy atom. The van der Waals surface area contributed by atoms with Gasteiger partial charge in [-0.2, -0.15) is 0 Å². The third-order valence-corrected chi connectivity index (χ3v) is 2.95. The van der Waals surface area contributed by atoms with Gasteiger partial charge in [0.15, 0.2) is 0 Å². The summed E-state index contributed by atoms with van der Waals surface area (Å²) in [4.78, 5) is 0. The first-order valence-electron chi connectivity index (χ1n) is 6.18. The quantitative estimate of drug-likeness (QED) is 0.686. The largest absolute Gasteiger partial charge is 0.378 e. The summed E-state index contributed by atoms with van der Waals surface area (Å²) < 4.78 is 11.2. The zero-order valence-corrected chi connectivity index (χ0v) is 9.73. The smallest absolute Gasteiger partial charge is 0.0716 e. The highest BCUT2D eigenvalue weighted by Crippen LogP contribution is 2.16. The lowest BCUT2D eigenvalue weighted by atomic mass is 10.1. The van der Waals surface area contributed by atoms with Crippen LogP contribution in [0.15, 0.2) is 30.3 Å². The van der Waals surface area contributed by atoms with E-state index >= 15 is 0 Å². The Labute approximate surface area is 97.6 Å². The van der Waals surface area contributed by atoms with E-state index in [4.69, 9.17) is 9.47 Å². The fraction of sp³-hybridized carbons (Fsp3) is 0.571. The molecular weight excluding hydrogens is 200 g/mol. The van der Waals surface area contributed by atoms with Crippen LogP contribution in [0.1, 0.15) is 31.2 Å². The van der Waals surface area contributed by atoms with E-state index in [9.17, 15) is 0 Å². The molecule has 1 aliphatic heterocycles. The summed E-state index contributed by atoms with van der Waals surface area (Å²) in [5.74, 6) is 0. The Morgan fingerprint density at radius 1 is 1.25 bits per heavy atom. The minimum atomic E-state index is 0.500. The van der Waals surface area contributed by atoms with Crippen LogP contribution in [0.3, 0.4) is 0 Å². The van der Waals surface area contributed by atoms with Crippen LogP contribution < -0.4 is 0 Å². The van der Waals surface area contributed by atoms with Gasteiger partial charge in [0.05, 0.1) is 12.7 Å². The molecule has 1 saturated heterocycles. The van der Waals surface area contributed by atoms with E-state index in [1.54, 1.807) is 0 Å². The lowest BCUT2D eigenvalue weighted by Crippen LogP contribution is -2.06. The molecule has 0 saturated carbocycles. The average molecular weight is 220 g/mol. The minimum Gasteiger partial charge on any atom is -0.378 e. The lowest BCUT2D eigenvalue weighted by molar-refractivity contribution is 0.0773. The number of benzene rings is 1. The topological polar surface area (TPSA) is 18.5 Å². The Kier molecular flexibility index (Phi) is 4.84. The van der Waals surface area contributed by atoms with Gasteiger partial charge in [-0.1, -0.05) is 30.3 Å². The summed E-state index contributed by atoms with van der Waals surface area (Å²) in [5.41, 5.74) is 1.25. The van der Waals surface area contributed by atoms with Gasteiger partial charge in [-0.15, -0.1) is 0 Å². The maximum atomic E-state index is 5.62. The van der Waals surface area contributed by atoms with Crippen LogP contribution >= 0.6 is 0 Å². The van der Waals surface area contributed by atoms with Crippen molar-refractivity contribution in [3.8, 4) is 0 Å². The summed E-state index contributed by atoms with van der Waals surface area (Å²) in [5, 5.41) is 0. The Morgan fingerprint density at radius 2 is 2.12 bits per heavy atom. The maximum Gasteiger partial charge on any atom is 0.0716 e. The van der Waals surface area contributed by atoms with Crippen molar-refractivity contribution < 1.29 is 9.47 Å². The van der Waals surface area contributed by atoms with Gasteiger partial charge >= 0.3 is 0 Å². The van der Waals surface area contributed by atoms with Gasteiger partial charge in [-0.3, -0.25) is 0 Å². The average Bonchev–Trinajstić information content (AvgIpc) is 2.83. The molecule has 0 radical (unpaired) electrons. The molecule has 1 aliphatic rings. The van der Waals surface area contributed by atoms with Gasteiger partial charge in [-0.05, 0) is 31.2 Å². The van der Waals surface area contributed by atoms with E-state index in [2.05, 4.69) is 12.1 Å². The van der Waals surface area contributed by atoms with Gasteiger partial charge in [0.25, 0.3) is 0 Å². The van der Waals surface area contributed by atoms with E-state index in [-0.39, 0.29) is 0 Å². The molecule has 0 spiro atoms. The van der Waals surface area contributed by atoms with Gasteiger partial charge < -0.3 is 9.47 Å². The normalized spacial score (nSPS) is 20.1. The van der Waals surface area contributed by atoms with Crippen molar-refractivity contribution >= 4 is 0 Å². The van der Waals surface area contributed by atoms with Gasteiger partial charge in [0, 0.05) is 13.2 Å². The summed E-state index contributed by atoms with van der Waals surface area (Å²) in [6.45, 7) is 2.52. The van der Waals surface area contributed by atoms with Gasteiger partial charge in [0.2, 0.25) is 0 Å². The van der Waals surface area contributed by atoms with E-state index in [1.807, 2.05) is 18.2 Å². The van der Waals surface area contributed by atoms with Crippen LogP contribution in [0.4, 0.5) is 0 Å². The summed E-state index contributed by atoms with van der Waals surface area (Å²) in [7, 11) is 0. The maximum absolute atomic E-state index is 5.62. The number of ether oxygens (including phenoxy) is 2. The SMILES string of the molecule is c1ccc(COCCC[C@@H]2CCCO2)cc1. The first kappa shape index (κ1) is 11.6. The summed E-state index contributed by atoms with van der Waals surface area (Å²) >= 11 is 0. The fourth-order valence-electron chi connectivity index (χ4n) is 2.05. The van der Waals surface area contributed by atoms with Crippen molar-refractivity contribution in [2.75, 3.05) is 13.2 Å². The molecule has 2 heteroatoms. The number of hydrogen-bond donors (Lipinski definition) is 0. The van der Waals surface area contributed by atoms with E-state index in [1.165, 1.54) is 18.4 Å². The Hall–Kier alpha value is -0.860. The van der Waals surface area contributed by atoms with Crippen LogP contribution in [-0.4, -0.2) is 19.3 Å². The van der Waals surface area contributed by atoms with Gasteiger partial charge in [0.1, 0.15) is 0 Å². The molecule has 16 heavy (non-hydrogen) atoms. The monoisotopic (exact) mass is 220 g/mol. The second-order valence-electron chi connectivity index (χ2n) is 4.32. The summed E-state index contributed by atoms with van der Waals surface area (Å²) in [6.07, 6.45) is 5.22. The first-order valence-corrected chi connectivity index (χ1v) is 6.18. The molecule has 0 bridgehead atoms. The molecule has 0 amide bonds. The Bertz CT molecular complexity index is 278. The zero-order chi connectivity index (χ0) is 11.1. The molecule has 0 unspecified atom stereocenters. The molecule has 2 nitrogen and oxygen atoms in total. The van der Waals surface area contributed by atoms with Gasteiger partial charge in [-0.25, -0.2) is 0 Å². The highest BCUT2D eigenvalue weighted by molar-refractivity contribution is 5.13. The number of rotatable bonds is 6. The highest BCUT2D eigenvalue weighted by atomic mass is 16.5. The van der Waals surface area contributed by atoms with E-state index in [0.29, 0.717) is 6.10 Å². The second-order valence-corrected chi connectivity index (χ2v) is 4.32. The van der Waals surface area contributed by atoms with Crippen LogP contribution in [0.5, 0.6) is 0 Å². The van der Waals surface area contributed by atoms with Crippen molar-refractivity contribution in [3.63, 3.8) is 0 Å². The minimum absolute atomic E-state index is 0.500. The van der Waals surface area contributed by atoms with Crippen molar-refractivity contribution in [1.82, 2.24) is 0 Å². The van der Waals surface area contributed by atoms with Crippen molar-refractivity contribution in [3.05, 3.63) is 35.9 Å². The van der Waals surface area contributed by atoms with Crippen molar-refractivity contribution in [1.29, 1.82) is 0 Å². The van der Waals surface area contributed by atoms with Crippen LogP contribution in [0, 0.1) is 0 Å².